The van der Waals surface area contributed by atoms with E-state index < -0.39 is 0 Å². The second kappa shape index (κ2) is 6.73. The molecule has 0 aliphatic carbocycles. The molecule has 8 heteroatoms. The quantitative estimate of drug-likeness (QED) is 0.607. The molecule has 3 N–H and O–H groups in total. The van der Waals surface area contributed by atoms with Gasteiger partial charge in [0, 0.05) is 6.54 Å². The summed E-state index contributed by atoms with van der Waals surface area (Å²) in [6, 6.07) is 3.31. The molecule has 0 saturated carbocycles. The zero-order valence-corrected chi connectivity index (χ0v) is 13.6. The molecule has 0 aliphatic rings. The molecule has 0 aliphatic heterocycles. The van der Waals surface area contributed by atoms with Crippen LogP contribution in [0.1, 0.15) is 17.5 Å². The van der Waals surface area contributed by atoms with Gasteiger partial charge in [-0.3, -0.25) is 10.5 Å². The standard InChI is InChI=1S/C12H17BrClN5O/c1-18(2)5-6-19-12(8(14)7-16-19)11(17-15)9-3-4-10(13)20-9/h3-4,7,11,17H,5-6,15H2,1-2H3. The first kappa shape index (κ1) is 15.5. The van der Waals surface area contributed by atoms with Crippen LogP contribution in [-0.2, 0) is 6.54 Å². The Morgan fingerprint density at radius 3 is 2.85 bits per heavy atom. The van der Waals surface area contributed by atoms with Gasteiger partial charge in [0.2, 0.25) is 0 Å². The van der Waals surface area contributed by atoms with Gasteiger partial charge in [-0.05, 0) is 42.2 Å². The molecule has 0 fully saturated rings. The molecule has 1 atom stereocenters. The highest BCUT2D eigenvalue weighted by Crippen LogP contribution is 2.30. The van der Waals surface area contributed by atoms with Gasteiger partial charge in [-0.25, -0.2) is 5.43 Å². The maximum atomic E-state index is 6.24. The van der Waals surface area contributed by atoms with E-state index in [0.717, 1.165) is 18.8 Å². The molecule has 1 unspecified atom stereocenters. The van der Waals surface area contributed by atoms with Gasteiger partial charge in [-0.15, -0.1) is 0 Å². The minimum absolute atomic E-state index is 0.349. The number of nitrogens with one attached hydrogen (secondary N) is 1. The van der Waals surface area contributed by atoms with E-state index in [9.17, 15) is 0 Å². The van der Waals surface area contributed by atoms with E-state index in [1.165, 1.54) is 0 Å². The smallest absolute Gasteiger partial charge is 0.169 e. The van der Waals surface area contributed by atoms with Gasteiger partial charge in [0.15, 0.2) is 4.67 Å². The largest absolute Gasteiger partial charge is 0.452 e. The van der Waals surface area contributed by atoms with Crippen LogP contribution in [-0.4, -0.2) is 35.3 Å². The van der Waals surface area contributed by atoms with Crippen molar-refractivity contribution in [2.45, 2.75) is 12.6 Å². The molecule has 2 aromatic heterocycles. The van der Waals surface area contributed by atoms with Gasteiger partial charge < -0.3 is 9.32 Å². The summed E-state index contributed by atoms with van der Waals surface area (Å²) in [7, 11) is 4.01. The third-order valence-corrected chi connectivity index (χ3v) is 3.63. The second-order valence-corrected chi connectivity index (χ2v) is 5.83. The average molecular weight is 363 g/mol. The van der Waals surface area contributed by atoms with Crippen molar-refractivity contribution in [3.8, 4) is 0 Å². The molecule has 2 aromatic rings. The zero-order chi connectivity index (χ0) is 14.7. The molecule has 0 saturated heterocycles. The lowest BCUT2D eigenvalue weighted by atomic mass is 10.1. The van der Waals surface area contributed by atoms with Gasteiger partial charge in [-0.1, -0.05) is 11.6 Å². The number of hydrogen-bond donors (Lipinski definition) is 2. The van der Waals surface area contributed by atoms with Gasteiger partial charge >= 0.3 is 0 Å². The van der Waals surface area contributed by atoms with E-state index in [0.29, 0.717) is 15.5 Å². The third kappa shape index (κ3) is 3.42. The number of nitrogens with two attached hydrogens (primary N) is 1. The second-order valence-electron chi connectivity index (χ2n) is 4.65. The zero-order valence-electron chi connectivity index (χ0n) is 11.3. The molecular formula is C12H17BrClN5O. The number of furan rings is 1. The molecule has 0 amide bonds. The summed E-state index contributed by atoms with van der Waals surface area (Å²) in [4.78, 5) is 2.08. The van der Waals surface area contributed by atoms with Crippen LogP contribution in [0.3, 0.4) is 0 Å². The normalized spacial score (nSPS) is 13.1. The van der Waals surface area contributed by atoms with Crippen LogP contribution in [0.2, 0.25) is 5.02 Å². The van der Waals surface area contributed by atoms with Crippen LogP contribution in [0.25, 0.3) is 0 Å². The van der Waals surface area contributed by atoms with Crippen LogP contribution in [0.4, 0.5) is 0 Å². The summed E-state index contributed by atoms with van der Waals surface area (Å²) in [5.41, 5.74) is 3.52. The Hall–Kier alpha value is -0.860. The summed E-state index contributed by atoms with van der Waals surface area (Å²) < 4.78 is 8.04. The van der Waals surface area contributed by atoms with Gasteiger partial charge in [0.05, 0.1) is 23.5 Å². The van der Waals surface area contributed by atoms with Crippen molar-refractivity contribution in [1.29, 1.82) is 0 Å². The highest BCUT2D eigenvalue weighted by atomic mass is 79.9. The third-order valence-electron chi connectivity index (χ3n) is 2.91. The highest BCUT2D eigenvalue weighted by Gasteiger charge is 2.24. The Balaban J connectivity index is 2.31. The molecule has 0 spiro atoms. The molecule has 2 heterocycles. The minimum atomic E-state index is -0.349. The molecule has 0 aromatic carbocycles. The number of halogens is 2. The summed E-state index contributed by atoms with van der Waals surface area (Å²) in [5.74, 6) is 6.34. The van der Waals surface area contributed by atoms with Crippen LogP contribution in [0.5, 0.6) is 0 Å². The topological polar surface area (TPSA) is 72.2 Å². The summed E-state index contributed by atoms with van der Waals surface area (Å²) in [6.45, 7) is 1.57. The predicted molar refractivity (Wildman–Crippen MR) is 81.4 cm³/mol. The van der Waals surface area contributed by atoms with Crippen LogP contribution in [0, 0.1) is 0 Å². The Morgan fingerprint density at radius 2 is 2.30 bits per heavy atom. The minimum Gasteiger partial charge on any atom is -0.452 e. The van der Waals surface area contributed by atoms with E-state index >= 15 is 0 Å². The fourth-order valence-corrected chi connectivity index (χ4v) is 2.48. The highest BCUT2D eigenvalue weighted by molar-refractivity contribution is 9.10. The van der Waals surface area contributed by atoms with Gasteiger partial charge in [-0.2, -0.15) is 5.10 Å². The van der Waals surface area contributed by atoms with Crippen molar-refractivity contribution in [3.63, 3.8) is 0 Å². The average Bonchev–Trinajstić information content (AvgIpc) is 2.97. The maximum absolute atomic E-state index is 6.24. The number of hydrogen-bond acceptors (Lipinski definition) is 5. The molecule has 2 rings (SSSR count). The van der Waals surface area contributed by atoms with Crippen molar-refractivity contribution in [1.82, 2.24) is 20.1 Å². The number of rotatable bonds is 6. The number of hydrazine groups is 1. The predicted octanol–water partition coefficient (Wildman–Crippen LogP) is 2.01. The fourth-order valence-electron chi connectivity index (χ4n) is 1.91. The maximum Gasteiger partial charge on any atom is 0.169 e. The first-order valence-corrected chi connectivity index (χ1v) is 7.27. The summed E-state index contributed by atoms with van der Waals surface area (Å²) in [6.07, 6.45) is 1.62. The molecule has 0 bridgehead atoms. The number of nitrogens with zero attached hydrogens (tertiary/aromatic N) is 3. The van der Waals surface area contributed by atoms with Crippen molar-refractivity contribution in [3.05, 3.63) is 39.5 Å². The van der Waals surface area contributed by atoms with Gasteiger partial charge in [0.1, 0.15) is 11.8 Å². The van der Waals surface area contributed by atoms with E-state index in [1.807, 2.05) is 30.9 Å². The van der Waals surface area contributed by atoms with E-state index in [-0.39, 0.29) is 6.04 Å². The fraction of sp³-hybridized carbons (Fsp3) is 0.417. The summed E-state index contributed by atoms with van der Waals surface area (Å²) >= 11 is 9.53. The Labute approximate surface area is 131 Å². The van der Waals surface area contributed by atoms with E-state index in [1.54, 1.807) is 6.20 Å². The number of aromatic nitrogens is 2. The monoisotopic (exact) mass is 361 g/mol. The molecule has 6 nitrogen and oxygen atoms in total. The Morgan fingerprint density at radius 1 is 1.55 bits per heavy atom. The lowest BCUT2D eigenvalue weighted by molar-refractivity contribution is 0.359. The first-order valence-electron chi connectivity index (χ1n) is 6.10. The van der Waals surface area contributed by atoms with Crippen molar-refractivity contribution < 1.29 is 4.42 Å². The Kier molecular flexibility index (Phi) is 5.22. The summed E-state index contributed by atoms with van der Waals surface area (Å²) in [5, 5.41) is 4.85. The van der Waals surface area contributed by atoms with Gasteiger partial charge in [0.25, 0.3) is 0 Å². The van der Waals surface area contributed by atoms with Crippen LogP contribution < -0.4 is 11.3 Å². The lowest BCUT2D eigenvalue weighted by Crippen LogP contribution is -2.31. The van der Waals surface area contributed by atoms with Crippen molar-refractivity contribution >= 4 is 27.5 Å². The molecule has 20 heavy (non-hydrogen) atoms. The van der Waals surface area contributed by atoms with Crippen molar-refractivity contribution in [2.24, 2.45) is 5.84 Å². The van der Waals surface area contributed by atoms with E-state index in [4.69, 9.17) is 21.9 Å². The van der Waals surface area contributed by atoms with Crippen LogP contribution in [0.15, 0.2) is 27.4 Å². The number of likely N-dealkylation sites (N-methyl/N-ethyl adjacent to an activating group) is 1. The van der Waals surface area contributed by atoms with Crippen molar-refractivity contribution in [2.75, 3.05) is 20.6 Å². The van der Waals surface area contributed by atoms with E-state index in [2.05, 4.69) is 31.4 Å². The first-order chi connectivity index (χ1) is 9.52. The molecule has 0 radical (unpaired) electrons. The Bertz CT molecular complexity index is 568. The molecular weight excluding hydrogens is 346 g/mol. The SMILES string of the molecule is CN(C)CCn1ncc(Cl)c1C(NN)c1ccc(Br)o1. The lowest BCUT2D eigenvalue weighted by Gasteiger charge is -2.17. The molecule has 110 valence electrons. The van der Waals surface area contributed by atoms with Crippen LogP contribution >= 0.6 is 27.5 Å².